The molecule has 16 heavy (non-hydrogen) atoms. The summed E-state index contributed by atoms with van der Waals surface area (Å²) < 4.78 is 0. The van der Waals surface area contributed by atoms with Crippen LogP contribution in [-0.4, -0.2) is 22.1 Å². The van der Waals surface area contributed by atoms with Crippen LogP contribution in [0.5, 0.6) is 5.75 Å². The monoisotopic (exact) mass is 220 g/mol. The highest BCUT2D eigenvalue weighted by Gasteiger charge is 2.08. The zero-order valence-corrected chi connectivity index (χ0v) is 8.10. The molecule has 1 rings (SSSR count). The van der Waals surface area contributed by atoms with Gasteiger partial charge in [-0.1, -0.05) is 0 Å². The van der Waals surface area contributed by atoms with Crippen LogP contribution in [0.15, 0.2) is 18.2 Å². The normalized spacial score (nSPS) is 9.19. The number of aromatic hydroxyl groups is 1. The smallest absolute Gasteiger partial charge is 0.335 e. The van der Waals surface area contributed by atoms with E-state index in [1.54, 1.807) is 6.07 Å². The van der Waals surface area contributed by atoms with Gasteiger partial charge in [-0.2, -0.15) is 5.26 Å². The molecule has 0 aliphatic rings. The number of anilines is 1. The second-order valence-electron chi connectivity index (χ2n) is 2.96. The number of nitrogens with zero attached hydrogens (tertiary/aromatic N) is 1. The first-order valence-electron chi connectivity index (χ1n) is 4.27. The number of nitrogens with one attached hydrogen (secondary N) is 1. The summed E-state index contributed by atoms with van der Waals surface area (Å²) in [4.78, 5) is 21.7. The van der Waals surface area contributed by atoms with Crippen molar-refractivity contribution >= 4 is 17.6 Å². The third-order valence-corrected chi connectivity index (χ3v) is 1.69. The topological polar surface area (TPSA) is 110 Å². The largest absolute Gasteiger partial charge is 0.508 e. The Labute approximate surface area is 90.7 Å². The first-order valence-corrected chi connectivity index (χ1v) is 4.27. The first kappa shape index (κ1) is 11.5. The molecule has 1 aromatic carbocycles. The molecule has 6 nitrogen and oxygen atoms in total. The van der Waals surface area contributed by atoms with E-state index in [1.165, 1.54) is 12.1 Å². The standard InChI is InChI=1S/C10H8N2O4/c11-2-1-9(14)12-7-3-6(10(15)16)4-8(13)5-7/h3-5,13H,1H2,(H,12,14)(H,15,16). The molecule has 0 unspecified atom stereocenters. The summed E-state index contributed by atoms with van der Waals surface area (Å²) in [6.07, 6.45) is -0.335. The van der Waals surface area contributed by atoms with Gasteiger partial charge in [-0.3, -0.25) is 4.79 Å². The number of carboxylic acids is 1. The molecular weight excluding hydrogens is 212 g/mol. The van der Waals surface area contributed by atoms with Crippen molar-refractivity contribution in [2.24, 2.45) is 0 Å². The van der Waals surface area contributed by atoms with E-state index in [1.807, 2.05) is 0 Å². The van der Waals surface area contributed by atoms with Gasteiger partial charge >= 0.3 is 5.97 Å². The maximum absolute atomic E-state index is 11.0. The summed E-state index contributed by atoms with van der Waals surface area (Å²) in [5.41, 5.74) is -0.00934. The van der Waals surface area contributed by atoms with Gasteiger partial charge in [0.25, 0.3) is 0 Å². The lowest BCUT2D eigenvalue weighted by molar-refractivity contribution is -0.115. The maximum Gasteiger partial charge on any atom is 0.335 e. The highest BCUT2D eigenvalue weighted by Crippen LogP contribution is 2.19. The van der Waals surface area contributed by atoms with Crippen LogP contribution in [0.25, 0.3) is 0 Å². The van der Waals surface area contributed by atoms with Crippen molar-refractivity contribution < 1.29 is 19.8 Å². The van der Waals surface area contributed by atoms with Crippen molar-refractivity contribution in [2.75, 3.05) is 5.32 Å². The van der Waals surface area contributed by atoms with Gasteiger partial charge in [0.1, 0.15) is 12.2 Å². The number of nitriles is 1. The summed E-state index contributed by atoms with van der Waals surface area (Å²) >= 11 is 0. The quantitative estimate of drug-likeness (QED) is 0.702. The van der Waals surface area contributed by atoms with E-state index in [0.717, 1.165) is 6.07 Å². The minimum absolute atomic E-state index is 0.137. The van der Waals surface area contributed by atoms with E-state index in [9.17, 15) is 14.7 Å². The molecule has 6 heteroatoms. The van der Waals surface area contributed by atoms with Crippen LogP contribution in [0.1, 0.15) is 16.8 Å². The van der Waals surface area contributed by atoms with Gasteiger partial charge in [0.15, 0.2) is 0 Å². The van der Waals surface area contributed by atoms with Crippen molar-refractivity contribution in [1.29, 1.82) is 5.26 Å². The molecular formula is C10H8N2O4. The van der Waals surface area contributed by atoms with Crippen molar-refractivity contribution in [3.05, 3.63) is 23.8 Å². The van der Waals surface area contributed by atoms with Crippen LogP contribution >= 0.6 is 0 Å². The lowest BCUT2D eigenvalue weighted by Crippen LogP contribution is -2.10. The fourth-order valence-corrected chi connectivity index (χ4v) is 1.08. The lowest BCUT2D eigenvalue weighted by atomic mass is 10.2. The molecule has 0 aliphatic heterocycles. The Morgan fingerprint density at radius 3 is 2.62 bits per heavy atom. The van der Waals surface area contributed by atoms with Crippen molar-refractivity contribution in [3.63, 3.8) is 0 Å². The molecule has 0 aliphatic carbocycles. The number of aromatic carboxylic acids is 1. The summed E-state index contributed by atoms with van der Waals surface area (Å²) in [6.45, 7) is 0. The van der Waals surface area contributed by atoms with Crippen LogP contribution < -0.4 is 5.32 Å². The Bertz CT molecular complexity index is 476. The van der Waals surface area contributed by atoms with E-state index >= 15 is 0 Å². The molecule has 0 saturated carbocycles. The number of hydrogen-bond acceptors (Lipinski definition) is 4. The Balaban J connectivity index is 2.93. The Kier molecular flexibility index (Phi) is 3.45. The Morgan fingerprint density at radius 1 is 1.38 bits per heavy atom. The van der Waals surface area contributed by atoms with Gasteiger partial charge in [0.05, 0.1) is 11.6 Å². The molecule has 82 valence electrons. The van der Waals surface area contributed by atoms with E-state index < -0.39 is 11.9 Å². The molecule has 1 aromatic rings. The van der Waals surface area contributed by atoms with E-state index in [4.69, 9.17) is 10.4 Å². The maximum atomic E-state index is 11.0. The van der Waals surface area contributed by atoms with Gasteiger partial charge in [0.2, 0.25) is 5.91 Å². The van der Waals surface area contributed by atoms with Crippen molar-refractivity contribution in [1.82, 2.24) is 0 Å². The Morgan fingerprint density at radius 2 is 2.06 bits per heavy atom. The Hall–Kier alpha value is -2.55. The minimum Gasteiger partial charge on any atom is -0.508 e. The molecule has 0 fully saturated rings. The van der Waals surface area contributed by atoms with Gasteiger partial charge in [0, 0.05) is 11.8 Å². The number of rotatable bonds is 3. The summed E-state index contributed by atoms with van der Waals surface area (Å²) in [5, 5.41) is 28.5. The van der Waals surface area contributed by atoms with E-state index in [-0.39, 0.29) is 23.4 Å². The first-order chi connectivity index (χ1) is 7.52. The summed E-state index contributed by atoms with van der Waals surface area (Å²) in [6, 6.07) is 5.09. The van der Waals surface area contributed by atoms with Crippen LogP contribution in [0.2, 0.25) is 0 Å². The van der Waals surface area contributed by atoms with Gasteiger partial charge in [-0.05, 0) is 12.1 Å². The predicted molar refractivity (Wildman–Crippen MR) is 53.9 cm³/mol. The minimum atomic E-state index is -1.22. The van der Waals surface area contributed by atoms with Gasteiger partial charge in [-0.25, -0.2) is 4.79 Å². The summed E-state index contributed by atoms with van der Waals surface area (Å²) in [5.74, 6) is -2.05. The lowest BCUT2D eigenvalue weighted by Gasteiger charge is -2.04. The van der Waals surface area contributed by atoms with Crippen LogP contribution in [0.4, 0.5) is 5.69 Å². The predicted octanol–water partition coefficient (Wildman–Crippen LogP) is 0.943. The number of amides is 1. The van der Waals surface area contributed by atoms with E-state index in [0.29, 0.717) is 0 Å². The van der Waals surface area contributed by atoms with Crippen LogP contribution in [0.3, 0.4) is 0 Å². The number of carbonyl (C=O) groups excluding carboxylic acids is 1. The molecule has 0 bridgehead atoms. The number of carboxylic acid groups (broad SMARTS) is 1. The highest BCUT2D eigenvalue weighted by molar-refractivity contribution is 5.95. The molecule has 0 atom stereocenters. The van der Waals surface area contributed by atoms with Crippen LogP contribution in [0, 0.1) is 11.3 Å². The van der Waals surface area contributed by atoms with Gasteiger partial charge in [-0.15, -0.1) is 0 Å². The third kappa shape index (κ3) is 2.99. The zero-order valence-electron chi connectivity index (χ0n) is 8.10. The average molecular weight is 220 g/mol. The van der Waals surface area contributed by atoms with Crippen molar-refractivity contribution in [3.8, 4) is 11.8 Å². The molecule has 0 saturated heterocycles. The molecule has 0 aromatic heterocycles. The molecule has 1 amide bonds. The van der Waals surface area contributed by atoms with Crippen molar-refractivity contribution in [2.45, 2.75) is 6.42 Å². The second-order valence-corrected chi connectivity index (χ2v) is 2.96. The average Bonchev–Trinajstić information content (AvgIpc) is 2.16. The molecule has 0 spiro atoms. The number of benzene rings is 1. The van der Waals surface area contributed by atoms with E-state index in [2.05, 4.69) is 5.32 Å². The fourth-order valence-electron chi connectivity index (χ4n) is 1.08. The number of phenols is 1. The molecule has 0 radical (unpaired) electrons. The zero-order chi connectivity index (χ0) is 12.1. The molecule has 3 N–H and O–H groups in total. The van der Waals surface area contributed by atoms with Gasteiger partial charge < -0.3 is 15.5 Å². The highest BCUT2D eigenvalue weighted by atomic mass is 16.4. The number of phenolic OH excluding ortho intramolecular Hbond substituents is 1. The number of hydrogen-bond donors (Lipinski definition) is 3. The fraction of sp³-hybridized carbons (Fsp3) is 0.100. The number of carbonyl (C=O) groups is 2. The third-order valence-electron chi connectivity index (χ3n) is 1.69. The molecule has 0 heterocycles. The SMILES string of the molecule is N#CCC(=O)Nc1cc(O)cc(C(=O)O)c1. The second kappa shape index (κ2) is 4.79. The summed E-state index contributed by atoms with van der Waals surface area (Å²) in [7, 11) is 0. The van der Waals surface area contributed by atoms with Crippen LogP contribution in [-0.2, 0) is 4.79 Å².